The number of fused-ring (bicyclic) bond motifs is 1. The van der Waals surface area contributed by atoms with E-state index in [0.717, 1.165) is 4.90 Å². The van der Waals surface area contributed by atoms with E-state index in [0.29, 0.717) is 11.4 Å². The lowest BCUT2D eigenvalue weighted by molar-refractivity contribution is -0.139. The maximum Gasteiger partial charge on any atom is 0.326 e. The van der Waals surface area contributed by atoms with E-state index in [-0.39, 0.29) is 5.56 Å². The van der Waals surface area contributed by atoms with Crippen LogP contribution in [-0.4, -0.2) is 35.9 Å². The van der Waals surface area contributed by atoms with Gasteiger partial charge in [-0.1, -0.05) is 0 Å². The summed E-state index contributed by atoms with van der Waals surface area (Å²) in [6, 6.07) is 3.43. The summed E-state index contributed by atoms with van der Waals surface area (Å²) >= 11 is 0. The summed E-state index contributed by atoms with van der Waals surface area (Å²) in [6.07, 6.45) is 0. The molecule has 94 valence electrons. The topological polar surface area (TPSA) is 83.9 Å². The van der Waals surface area contributed by atoms with Crippen molar-refractivity contribution in [2.24, 2.45) is 0 Å². The van der Waals surface area contributed by atoms with Gasteiger partial charge in [0.15, 0.2) is 0 Å². The Morgan fingerprint density at radius 1 is 1.39 bits per heavy atom. The van der Waals surface area contributed by atoms with E-state index in [9.17, 15) is 14.4 Å². The number of amides is 1. The zero-order valence-electron chi connectivity index (χ0n) is 9.84. The standard InChI is InChI=1S/C12H11NO5/c1-6(12(16)17)13-9-4-3-7(18-2)5-8(9)10(14)11(13)15/h3-6H,1-2H3,(H,16,17). The number of hydrogen-bond donors (Lipinski definition) is 1. The van der Waals surface area contributed by atoms with E-state index in [2.05, 4.69) is 0 Å². The molecule has 1 aliphatic rings. The Kier molecular flexibility index (Phi) is 2.78. The van der Waals surface area contributed by atoms with E-state index < -0.39 is 23.7 Å². The number of anilines is 1. The quantitative estimate of drug-likeness (QED) is 0.797. The Balaban J connectivity index is 2.53. The number of carboxylic acids is 1. The predicted octanol–water partition coefficient (Wildman–Crippen LogP) is 0.698. The number of Topliss-reactive ketones (excluding diaryl/α,β-unsaturated/α-hetero) is 1. The maximum absolute atomic E-state index is 11.8. The van der Waals surface area contributed by atoms with Gasteiger partial charge in [0, 0.05) is 0 Å². The molecule has 6 nitrogen and oxygen atoms in total. The highest BCUT2D eigenvalue weighted by molar-refractivity contribution is 6.52. The van der Waals surface area contributed by atoms with Gasteiger partial charge in [-0.05, 0) is 25.1 Å². The summed E-state index contributed by atoms with van der Waals surface area (Å²) in [4.78, 5) is 35.5. The van der Waals surface area contributed by atoms with E-state index in [1.165, 1.54) is 26.2 Å². The monoisotopic (exact) mass is 249 g/mol. The zero-order valence-corrected chi connectivity index (χ0v) is 9.84. The van der Waals surface area contributed by atoms with Crippen molar-refractivity contribution in [3.8, 4) is 5.75 Å². The highest BCUT2D eigenvalue weighted by atomic mass is 16.5. The second-order valence-corrected chi connectivity index (χ2v) is 3.90. The average molecular weight is 249 g/mol. The number of benzene rings is 1. The highest BCUT2D eigenvalue weighted by Crippen LogP contribution is 2.33. The lowest BCUT2D eigenvalue weighted by atomic mass is 10.1. The van der Waals surface area contributed by atoms with Crippen LogP contribution in [0.5, 0.6) is 5.75 Å². The molecule has 0 saturated heterocycles. The van der Waals surface area contributed by atoms with Crippen molar-refractivity contribution in [2.45, 2.75) is 13.0 Å². The van der Waals surface area contributed by atoms with E-state index in [1.54, 1.807) is 6.07 Å². The molecule has 2 rings (SSSR count). The predicted molar refractivity (Wildman–Crippen MR) is 61.9 cm³/mol. The number of ketones is 1. The molecule has 0 aromatic heterocycles. The van der Waals surface area contributed by atoms with Gasteiger partial charge in [0.1, 0.15) is 11.8 Å². The fourth-order valence-corrected chi connectivity index (χ4v) is 1.86. The van der Waals surface area contributed by atoms with Crippen molar-refractivity contribution in [1.29, 1.82) is 0 Å². The molecule has 1 heterocycles. The van der Waals surface area contributed by atoms with Crippen molar-refractivity contribution in [3.05, 3.63) is 23.8 Å². The first-order chi connectivity index (χ1) is 8.47. The third kappa shape index (κ3) is 1.62. The van der Waals surface area contributed by atoms with Crippen LogP contribution in [0.15, 0.2) is 18.2 Å². The highest BCUT2D eigenvalue weighted by Gasteiger charge is 2.40. The molecule has 1 atom stereocenters. The van der Waals surface area contributed by atoms with Crippen LogP contribution in [-0.2, 0) is 9.59 Å². The number of nitrogens with zero attached hydrogens (tertiary/aromatic N) is 1. The molecule has 1 aromatic carbocycles. The third-order valence-electron chi connectivity index (χ3n) is 2.87. The molecule has 1 aromatic rings. The van der Waals surface area contributed by atoms with Crippen LogP contribution >= 0.6 is 0 Å². The van der Waals surface area contributed by atoms with Crippen LogP contribution in [0, 0.1) is 0 Å². The van der Waals surface area contributed by atoms with Gasteiger partial charge < -0.3 is 9.84 Å². The fraction of sp³-hybridized carbons (Fsp3) is 0.250. The molecule has 1 unspecified atom stereocenters. The lowest BCUT2D eigenvalue weighted by Crippen LogP contribution is -2.42. The molecule has 0 saturated carbocycles. The number of aliphatic carboxylic acids is 1. The number of rotatable bonds is 3. The number of carboxylic acid groups (broad SMARTS) is 1. The Morgan fingerprint density at radius 2 is 2.06 bits per heavy atom. The van der Waals surface area contributed by atoms with E-state index >= 15 is 0 Å². The molecule has 1 aliphatic heterocycles. The largest absolute Gasteiger partial charge is 0.497 e. The average Bonchev–Trinajstić information content (AvgIpc) is 2.61. The van der Waals surface area contributed by atoms with Crippen LogP contribution in [0.2, 0.25) is 0 Å². The molecule has 1 amide bonds. The van der Waals surface area contributed by atoms with Gasteiger partial charge in [0.25, 0.3) is 11.7 Å². The number of carbonyl (C=O) groups is 3. The molecular weight excluding hydrogens is 238 g/mol. The van der Waals surface area contributed by atoms with Crippen LogP contribution in [0.1, 0.15) is 17.3 Å². The van der Waals surface area contributed by atoms with E-state index in [4.69, 9.17) is 9.84 Å². The fourth-order valence-electron chi connectivity index (χ4n) is 1.86. The summed E-state index contributed by atoms with van der Waals surface area (Å²) in [5.41, 5.74) is 0.480. The number of ether oxygens (including phenoxy) is 1. The number of hydrogen-bond acceptors (Lipinski definition) is 4. The van der Waals surface area contributed by atoms with Gasteiger partial charge in [-0.2, -0.15) is 0 Å². The van der Waals surface area contributed by atoms with E-state index in [1.807, 2.05) is 0 Å². The minimum Gasteiger partial charge on any atom is -0.497 e. The minimum absolute atomic E-state index is 0.174. The first-order valence-corrected chi connectivity index (χ1v) is 5.26. The van der Waals surface area contributed by atoms with Crippen molar-refractivity contribution >= 4 is 23.3 Å². The molecule has 0 aliphatic carbocycles. The first-order valence-electron chi connectivity index (χ1n) is 5.26. The molecule has 1 N–H and O–H groups in total. The smallest absolute Gasteiger partial charge is 0.326 e. The van der Waals surface area contributed by atoms with Gasteiger partial charge >= 0.3 is 5.97 Å². The first kappa shape index (κ1) is 12.1. The Bertz CT molecular complexity index is 551. The van der Waals surface area contributed by atoms with Crippen molar-refractivity contribution in [1.82, 2.24) is 0 Å². The molecule has 0 radical (unpaired) electrons. The van der Waals surface area contributed by atoms with Crippen molar-refractivity contribution in [2.75, 3.05) is 12.0 Å². The number of methoxy groups -OCH3 is 1. The van der Waals surface area contributed by atoms with Crippen LogP contribution in [0.4, 0.5) is 5.69 Å². The van der Waals surface area contributed by atoms with Crippen LogP contribution in [0.25, 0.3) is 0 Å². The van der Waals surface area contributed by atoms with Gasteiger partial charge in [0.05, 0.1) is 18.4 Å². The SMILES string of the molecule is COc1ccc2c(c1)C(=O)C(=O)N2C(C)C(=O)O. The minimum atomic E-state index is -1.17. The Hall–Kier alpha value is -2.37. The second kappa shape index (κ2) is 4.14. The van der Waals surface area contributed by atoms with Crippen molar-refractivity contribution < 1.29 is 24.2 Å². The zero-order chi connectivity index (χ0) is 13.4. The summed E-state index contributed by atoms with van der Waals surface area (Å²) in [6.45, 7) is 1.35. The summed E-state index contributed by atoms with van der Waals surface area (Å²) in [5, 5.41) is 8.94. The van der Waals surface area contributed by atoms with Crippen molar-refractivity contribution in [3.63, 3.8) is 0 Å². The lowest BCUT2D eigenvalue weighted by Gasteiger charge is -2.20. The van der Waals surface area contributed by atoms with Gasteiger partial charge in [-0.25, -0.2) is 4.79 Å². The maximum atomic E-state index is 11.8. The van der Waals surface area contributed by atoms with Gasteiger partial charge in [-0.15, -0.1) is 0 Å². The second-order valence-electron chi connectivity index (χ2n) is 3.90. The number of carbonyl (C=O) groups excluding carboxylic acids is 2. The van der Waals surface area contributed by atoms with Crippen LogP contribution < -0.4 is 9.64 Å². The summed E-state index contributed by atoms with van der Waals surface area (Å²) in [7, 11) is 1.45. The molecule has 18 heavy (non-hydrogen) atoms. The third-order valence-corrected chi connectivity index (χ3v) is 2.87. The van der Waals surface area contributed by atoms with Crippen LogP contribution in [0.3, 0.4) is 0 Å². The van der Waals surface area contributed by atoms with Gasteiger partial charge in [-0.3, -0.25) is 14.5 Å². The molecule has 6 heteroatoms. The summed E-state index contributed by atoms with van der Waals surface area (Å²) in [5.74, 6) is -2.26. The van der Waals surface area contributed by atoms with Gasteiger partial charge in [0.2, 0.25) is 0 Å². The summed E-state index contributed by atoms with van der Waals surface area (Å²) < 4.78 is 4.97. The normalized spacial score (nSPS) is 15.6. The Labute approximate surface area is 103 Å². The molecular formula is C12H11NO5. The molecule has 0 fully saturated rings. The molecule has 0 spiro atoms. The molecule has 0 bridgehead atoms. The Morgan fingerprint density at radius 3 is 2.61 bits per heavy atom.